The molecule has 0 aliphatic carbocycles. The summed E-state index contributed by atoms with van der Waals surface area (Å²) in [5.74, 6) is -0.339. The molecular formula is C18H20N2O3S. The van der Waals surface area contributed by atoms with Gasteiger partial charge < -0.3 is 10.1 Å². The van der Waals surface area contributed by atoms with Gasteiger partial charge in [0.15, 0.2) is 0 Å². The highest BCUT2D eigenvalue weighted by atomic mass is 32.1. The molecule has 1 aromatic carbocycles. The lowest BCUT2D eigenvalue weighted by atomic mass is 10.1. The quantitative estimate of drug-likeness (QED) is 0.845. The third-order valence-corrected chi connectivity index (χ3v) is 5.14. The summed E-state index contributed by atoms with van der Waals surface area (Å²) in [7, 11) is 1.36. The average molecular weight is 344 g/mol. The van der Waals surface area contributed by atoms with E-state index in [1.807, 2.05) is 12.1 Å². The summed E-state index contributed by atoms with van der Waals surface area (Å²) < 4.78 is 4.66. The highest BCUT2D eigenvalue weighted by Crippen LogP contribution is 2.23. The molecule has 1 aromatic heterocycles. The van der Waals surface area contributed by atoms with Crippen LogP contribution in [0.2, 0.25) is 0 Å². The first-order chi connectivity index (χ1) is 11.7. The second-order valence-corrected chi connectivity index (χ2v) is 6.80. The van der Waals surface area contributed by atoms with Gasteiger partial charge >= 0.3 is 5.97 Å². The Morgan fingerprint density at radius 3 is 2.79 bits per heavy atom. The van der Waals surface area contributed by atoms with E-state index < -0.39 is 0 Å². The van der Waals surface area contributed by atoms with Crippen LogP contribution in [0, 0.1) is 0 Å². The Labute approximate surface area is 145 Å². The molecule has 0 bridgehead atoms. The largest absolute Gasteiger partial charge is 0.465 e. The fraction of sp³-hybridized carbons (Fsp3) is 0.333. The molecule has 1 N–H and O–H groups in total. The molecule has 0 fully saturated rings. The Bertz CT molecular complexity index is 724. The van der Waals surface area contributed by atoms with Crippen molar-refractivity contribution in [3.05, 3.63) is 57.3 Å². The fourth-order valence-corrected chi connectivity index (χ4v) is 3.67. The molecule has 24 heavy (non-hydrogen) atoms. The summed E-state index contributed by atoms with van der Waals surface area (Å²) in [5, 5.41) is 5.05. The Kier molecular flexibility index (Phi) is 5.27. The second-order valence-electron chi connectivity index (χ2n) is 5.79. The van der Waals surface area contributed by atoms with E-state index in [0.717, 1.165) is 25.1 Å². The van der Waals surface area contributed by atoms with Gasteiger partial charge in [0.2, 0.25) is 5.91 Å². The summed E-state index contributed by atoms with van der Waals surface area (Å²) in [5.41, 5.74) is 2.81. The Hall–Kier alpha value is -2.18. The van der Waals surface area contributed by atoms with Gasteiger partial charge in [-0.05, 0) is 41.1 Å². The number of carbonyl (C=O) groups excluding carboxylic acids is 2. The van der Waals surface area contributed by atoms with Gasteiger partial charge in [-0.15, -0.1) is 11.3 Å². The van der Waals surface area contributed by atoms with Crippen molar-refractivity contribution in [3.8, 4) is 0 Å². The number of fused-ring (bicyclic) bond motifs is 1. The van der Waals surface area contributed by atoms with E-state index >= 15 is 0 Å². The highest BCUT2D eigenvalue weighted by Gasteiger charge is 2.19. The summed E-state index contributed by atoms with van der Waals surface area (Å²) in [6.45, 7) is 2.64. The molecule has 0 spiro atoms. The lowest BCUT2D eigenvalue weighted by molar-refractivity contribution is -0.122. The Morgan fingerprint density at radius 2 is 2.04 bits per heavy atom. The topological polar surface area (TPSA) is 58.6 Å². The molecule has 0 radical (unpaired) electrons. The first-order valence-corrected chi connectivity index (χ1v) is 8.75. The van der Waals surface area contributed by atoms with Crippen LogP contribution in [0.15, 0.2) is 35.7 Å². The van der Waals surface area contributed by atoms with Crippen LogP contribution >= 0.6 is 11.3 Å². The van der Waals surface area contributed by atoms with E-state index in [1.165, 1.54) is 17.6 Å². The molecule has 1 amide bonds. The molecule has 6 heteroatoms. The van der Waals surface area contributed by atoms with Gasteiger partial charge in [-0.2, -0.15) is 0 Å². The molecule has 0 saturated carbocycles. The maximum Gasteiger partial charge on any atom is 0.337 e. The Morgan fingerprint density at radius 1 is 1.25 bits per heavy atom. The first-order valence-electron chi connectivity index (χ1n) is 7.87. The van der Waals surface area contributed by atoms with Crippen molar-refractivity contribution >= 4 is 23.2 Å². The van der Waals surface area contributed by atoms with Crippen LogP contribution < -0.4 is 5.32 Å². The number of hydrogen-bond acceptors (Lipinski definition) is 5. The van der Waals surface area contributed by atoms with E-state index in [1.54, 1.807) is 23.5 Å². The minimum absolute atomic E-state index is 0.0192. The molecule has 2 aromatic rings. The normalized spacial score (nSPS) is 14.0. The maximum atomic E-state index is 12.1. The predicted octanol–water partition coefficient (Wildman–Crippen LogP) is 2.21. The van der Waals surface area contributed by atoms with Gasteiger partial charge in [-0.1, -0.05) is 12.1 Å². The summed E-state index contributed by atoms with van der Waals surface area (Å²) in [4.78, 5) is 27.1. The summed E-state index contributed by atoms with van der Waals surface area (Å²) in [6, 6.07) is 9.20. The molecule has 1 aliphatic heterocycles. The molecule has 2 heterocycles. The van der Waals surface area contributed by atoms with Crippen LogP contribution in [0.1, 0.15) is 26.4 Å². The third kappa shape index (κ3) is 4.01. The number of amides is 1. The van der Waals surface area contributed by atoms with E-state index in [4.69, 9.17) is 0 Å². The molecule has 0 atom stereocenters. The lowest BCUT2D eigenvalue weighted by Crippen LogP contribution is -2.39. The van der Waals surface area contributed by atoms with Gasteiger partial charge in [0, 0.05) is 24.5 Å². The lowest BCUT2D eigenvalue weighted by Gasteiger charge is -2.26. The van der Waals surface area contributed by atoms with Crippen LogP contribution in [-0.2, 0) is 29.0 Å². The van der Waals surface area contributed by atoms with E-state index in [-0.39, 0.29) is 11.9 Å². The number of nitrogens with one attached hydrogen (secondary N) is 1. The van der Waals surface area contributed by atoms with Crippen LogP contribution in [0.3, 0.4) is 0 Å². The van der Waals surface area contributed by atoms with Crippen LogP contribution in [0.5, 0.6) is 0 Å². The van der Waals surface area contributed by atoms with Crippen molar-refractivity contribution in [1.82, 2.24) is 10.2 Å². The number of nitrogens with zero attached hydrogens (tertiary/aromatic N) is 1. The third-order valence-electron chi connectivity index (χ3n) is 4.12. The molecule has 5 nitrogen and oxygen atoms in total. The molecule has 3 rings (SSSR count). The second kappa shape index (κ2) is 7.59. The van der Waals surface area contributed by atoms with Crippen molar-refractivity contribution < 1.29 is 14.3 Å². The number of carbonyl (C=O) groups is 2. The number of hydrogen-bond donors (Lipinski definition) is 1. The zero-order valence-corrected chi connectivity index (χ0v) is 14.4. The molecule has 126 valence electrons. The van der Waals surface area contributed by atoms with Crippen molar-refractivity contribution in [2.75, 3.05) is 20.2 Å². The Balaban J connectivity index is 1.47. The standard InChI is InChI=1S/C18H20N2O3S/c1-23-18(22)14-4-2-13(3-5-14)10-19-17(21)12-20-8-6-16-15(11-20)7-9-24-16/h2-5,7,9H,6,8,10-12H2,1H3,(H,19,21). The van der Waals surface area contributed by atoms with Crippen LogP contribution in [0.4, 0.5) is 0 Å². The predicted molar refractivity (Wildman–Crippen MR) is 92.9 cm³/mol. The minimum Gasteiger partial charge on any atom is -0.465 e. The monoisotopic (exact) mass is 344 g/mol. The minimum atomic E-state index is -0.358. The number of esters is 1. The van der Waals surface area contributed by atoms with Crippen LogP contribution in [-0.4, -0.2) is 37.0 Å². The van der Waals surface area contributed by atoms with Crippen molar-refractivity contribution in [2.45, 2.75) is 19.5 Å². The number of methoxy groups -OCH3 is 1. The SMILES string of the molecule is COC(=O)c1ccc(CNC(=O)CN2CCc3sccc3C2)cc1. The van der Waals surface area contributed by atoms with Gasteiger partial charge in [-0.25, -0.2) is 4.79 Å². The van der Waals surface area contributed by atoms with E-state index in [2.05, 4.69) is 26.4 Å². The van der Waals surface area contributed by atoms with Gasteiger partial charge in [0.25, 0.3) is 0 Å². The molecule has 0 unspecified atom stereocenters. The number of benzene rings is 1. The highest BCUT2D eigenvalue weighted by molar-refractivity contribution is 7.10. The van der Waals surface area contributed by atoms with Crippen molar-refractivity contribution in [3.63, 3.8) is 0 Å². The smallest absolute Gasteiger partial charge is 0.337 e. The maximum absolute atomic E-state index is 12.1. The summed E-state index contributed by atoms with van der Waals surface area (Å²) in [6.07, 6.45) is 1.02. The van der Waals surface area contributed by atoms with Gasteiger partial charge in [0.05, 0.1) is 19.2 Å². The average Bonchev–Trinajstić information content (AvgIpc) is 3.07. The van der Waals surface area contributed by atoms with Crippen LogP contribution in [0.25, 0.3) is 0 Å². The van der Waals surface area contributed by atoms with E-state index in [9.17, 15) is 9.59 Å². The van der Waals surface area contributed by atoms with Gasteiger partial charge in [-0.3, -0.25) is 9.69 Å². The number of rotatable bonds is 5. The van der Waals surface area contributed by atoms with Crippen molar-refractivity contribution in [1.29, 1.82) is 0 Å². The number of ether oxygens (including phenoxy) is 1. The zero-order chi connectivity index (χ0) is 16.9. The summed E-state index contributed by atoms with van der Waals surface area (Å²) >= 11 is 1.80. The fourth-order valence-electron chi connectivity index (χ4n) is 2.78. The van der Waals surface area contributed by atoms with E-state index in [0.29, 0.717) is 18.7 Å². The number of thiophene rings is 1. The molecule has 0 saturated heterocycles. The zero-order valence-electron chi connectivity index (χ0n) is 13.6. The molecule has 1 aliphatic rings. The van der Waals surface area contributed by atoms with Gasteiger partial charge in [0.1, 0.15) is 0 Å². The molecular weight excluding hydrogens is 324 g/mol. The van der Waals surface area contributed by atoms with Crippen molar-refractivity contribution in [2.24, 2.45) is 0 Å². The first kappa shape index (κ1) is 16.7.